The summed E-state index contributed by atoms with van der Waals surface area (Å²) in [5, 5.41) is 11.0. The van der Waals surface area contributed by atoms with E-state index in [0.29, 0.717) is 36.3 Å². The van der Waals surface area contributed by atoms with E-state index in [1.54, 1.807) is 32.9 Å². The molecule has 1 aliphatic carbocycles. The van der Waals surface area contributed by atoms with Gasteiger partial charge in [-0.2, -0.15) is 26.3 Å². The van der Waals surface area contributed by atoms with Crippen LogP contribution in [0.1, 0.15) is 87.8 Å². The average molecular weight is 644 g/mol. The zero-order valence-corrected chi connectivity index (χ0v) is 26.3. The van der Waals surface area contributed by atoms with Crippen molar-refractivity contribution in [1.29, 1.82) is 0 Å². The fourth-order valence-electron chi connectivity index (χ4n) is 6.24. The number of nitrogens with zero attached hydrogens (tertiary/aromatic N) is 1. The van der Waals surface area contributed by atoms with Crippen LogP contribution in [0.15, 0.2) is 42.0 Å². The van der Waals surface area contributed by atoms with Gasteiger partial charge >= 0.3 is 18.3 Å². The normalized spacial score (nSPS) is 22.9. The number of halogens is 6. The van der Waals surface area contributed by atoms with Gasteiger partial charge in [0.15, 0.2) is 0 Å². The average Bonchev–Trinajstić information content (AvgIpc) is 3.23. The van der Waals surface area contributed by atoms with Gasteiger partial charge in [0, 0.05) is 18.2 Å². The van der Waals surface area contributed by atoms with Crippen LogP contribution in [-0.4, -0.2) is 49.2 Å². The van der Waals surface area contributed by atoms with Crippen LogP contribution in [0, 0.1) is 5.41 Å². The molecule has 45 heavy (non-hydrogen) atoms. The second kappa shape index (κ2) is 12.3. The van der Waals surface area contributed by atoms with Gasteiger partial charge in [0.1, 0.15) is 11.9 Å². The van der Waals surface area contributed by atoms with Gasteiger partial charge in [-0.1, -0.05) is 25.5 Å². The third-order valence-electron chi connectivity index (χ3n) is 8.94. The lowest BCUT2D eigenvalue weighted by Gasteiger charge is -2.37. The molecule has 0 radical (unpaired) electrons. The van der Waals surface area contributed by atoms with Gasteiger partial charge in [-0.15, -0.1) is 0 Å². The van der Waals surface area contributed by atoms with Crippen molar-refractivity contribution in [2.24, 2.45) is 5.41 Å². The maximum absolute atomic E-state index is 13.6. The van der Waals surface area contributed by atoms with E-state index in [1.165, 1.54) is 19.1 Å². The Balaban J connectivity index is 1.77. The summed E-state index contributed by atoms with van der Waals surface area (Å²) in [6.45, 7) is 9.44. The number of benzene rings is 2. The topological polar surface area (TPSA) is 68.2 Å². The first-order valence-electron chi connectivity index (χ1n) is 14.6. The third-order valence-corrected chi connectivity index (χ3v) is 8.94. The lowest BCUT2D eigenvalue weighted by atomic mass is 9.72. The molecular formula is C33H39F6NO5. The van der Waals surface area contributed by atoms with Crippen LogP contribution in [0.4, 0.5) is 26.3 Å². The zero-order chi connectivity index (χ0) is 33.7. The van der Waals surface area contributed by atoms with Gasteiger partial charge in [-0.25, -0.2) is 4.90 Å². The lowest BCUT2D eigenvalue weighted by molar-refractivity contribution is -0.150. The molecule has 2 aliphatic rings. The molecule has 248 valence electrons. The van der Waals surface area contributed by atoms with Crippen molar-refractivity contribution in [1.82, 2.24) is 4.90 Å². The van der Waals surface area contributed by atoms with Crippen LogP contribution in [0.5, 0.6) is 5.75 Å². The number of aliphatic hydroxyl groups excluding tert-OH is 1. The summed E-state index contributed by atoms with van der Waals surface area (Å²) in [4.78, 5) is 14.1. The first-order valence-corrected chi connectivity index (χ1v) is 14.6. The molecular weight excluding hydrogens is 604 g/mol. The zero-order valence-electron chi connectivity index (χ0n) is 26.3. The predicted molar refractivity (Wildman–Crippen MR) is 155 cm³/mol. The van der Waals surface area contributed by atoms with Crippen molar-refractivity contribution in [3.05, 3.63) is 69.8 Å². The fraction of sp³-hybridized carbons (Fsp3) is 0.545. The Kier molecular flexibility index (Phi) is 9.47. The van der Waals surface area contributed by atoms with Crippen molar-refractivity contribution < 1.29 is 50.5 Å². The van der Waals surface area contributed by atoms with E-state index in [-0.39, 0.29) is 23.6 Å². The number of alkyl halides is 6. The Morgan fingerprint density at radius 1 is 1.00 bits per heavy atom. The number of ether oxygens (including phenoxy) is 3. The van der Waals surface area contributed by atoms with E-state index in [1.807, 2.05) is 6.07 Å². The van der Waals surface area contributed by atoms with E-state index in [2.05, 4.69) is 13.8 Å². The van der Waals surface area contributed by atoms with Crippen molar-refractivity contribution in [3.63, 3.8) is 0 Å². The van der Waals surface area contributed by atoms with E-state index in [4.69, 9.17) is 14.2 Å². The van der Waals surface area contributed by atoms with Gasteiger partial charge in [-0.3, -0.25) is 4.79 Å². The van der Waals surface area contributed by atoms with Crippen molar-refractivity contribution >= 4 is 11.5 Å². The highest BCUT2D eigenvalue weighted by Crippen LogP contribution is 2.47. The first-order chi connectivity index (χ1) is 20.7. The number of carbonyl (C=O) groups excluding carboxylic acids is 1. The number of carbonyl (C=O) groups is 1. The van der Waals surface area contributed by atoms with Crippen molar-refractivity contribution in [3.8, 4) is 5.75 Å². The second-order valence-electron chi connectivity index (χ2n) is 13.1. The maximum atomic E-state index is 13.6. The summed E-state index contributed by atoms with van der Waals surface area (Å²) in [7, 11) is 2.85. The van der Waals surface area contributed by atoms with Gasteiger partial charge in [0.2, 0.25) is 6.41 Å². The van der Waals surface area contributed by atoms with Gasteiger partial charge < -0.3 is 19.3 Å². The molecule has 0 bridgehead atoms. The summed E-state index contributed by atoms with van der Waals surface area (Å²) in [6, 6.07) is 6.02. The maximum Gasteiger partial charge on any atom is 0.416 e. The van der Waals surface area contributed by atoms with Crippen molar-refractivity contribution in [2.75, 3.05) is 20.8 Å². The summed E-state index contributed by atoms with van der Waals surface area (Å²) >= 11 is 0. The van der Waals surface area contributed by atoms with E-state index >= 15 is 0 Å². The van der Waals surface area contributed by atoms with E-state index < -0.39 is 53.4 Å². The fourth-order valence-corrected chi connectivity index (χ4v) is 6.24. The molecule has 1 heterocycles. The van der Waals surface area contributed by atoms with E-state index in [0.717, 1.165) is 23.1 Å². The summed E-state index contributed by atoms with van der Waals surface area (Å²) in [5.41, 5.74) is -1.04. The second-order valence-corrected chi connectivity index (χ2v) is 13.1. The molecule has 3 atom stereocenters. The van der Waals surface area contributed by atoms with Crippen LogP contribution in [0.25, 0.3) is 5.57 Å². The van der Waals surface area contributed by atoms with E-state index in [9.17, 15) is 36.2 Å². The van der Waals surface area contributed by atoms with Crippen LogP contribution in [0.3, 0.4) is 0 Å². The SMILES string of the molecule is COC(=O)C(C)(C)c1ccc(OC)c(C2=C(CN3C(O)O[C@H](c4cc(C(F)(F)F)cc(C(F)(F)F)c4)[C@@H]3C)CC(C)(C)CC2)c1. The Bertz CT molecular complexity index is 1430. The molecule has 1 aliphatic heterocycles. The number of hydrogen-bond donors (Lipinski definition) is 1. The highest BCUT2D eigenvalue weighted by atomic mass is 19.4. The highest BCUT2D eigenvalue weighted by molar-refractivity contribution is 5.83. The molecule has 6 nitrogen and oxygen atoms in total. The molecule has 0 saturated carbocycles. The third kappa shape index (κ3) is 7.18. The van der Waals surface area contributed by atoms with Gasteiger partial charge in [0.05, 0.1) is 30.8 Å². The highest BCUT2D eigenvalue weighted by Gasteiger charge is 2.44. The van der Waals surface area contributed by atoms with Crippen LogP contribution in [-0.2, 0) is 32.0 Å². The molecule has 1 N–H and O–H groups in total. The van der Waals surface area contributed by atoms with Crippen molar-refractivity contribution in [2.45, 2.75) is 90.2 Å². The monoisotopic (exact) mass is 643 g/mol. The van der Waals surface area contributed by atoms with Crippen LogP contribution < -0.4 is 4.74 Å². The molecule has 2 aromatic rings. The number of allylic oxidation sites excluding steroid dienone is 1. The van der Waals surface area contributed by atoms with Gasteiger partial charge in [-0.05, 0) is 92.5 Å². The standard InChI is InChI=1S/C33H39F6NO5/c1-18-27(19-12-22(32(34,35)36)14-23(13-19)33(37,38)39)45-29(42)40(18)17-20-16-30(2,3)11-10-24(20)25-15-21(8-9-26(25)43-6)31(4,5)28(41)44-7/h8-9,12-15,18,27,29,42H,10-11,16-17H2,1-7H3/t18-,27-,29?/m0/s1. The Labute approximate surface area is 259 Å². The first kappa shape index (κ1) is 34.8. The molecule has 1 fully saturated rings. The Hall–Kier alpha value is -3.09. The molecule has 2 aromatic carbocycles. The summed E-state index contributed by atoms with van der Waals surface area (Å²) in [5.74, 6) is 0.150. The van der Waals surface area contributed by atoms with Gasteiger partial charge in [0.25, 0.3) is 0 Å². The number of esters is 1. The Morgan fingerprint density at radius 2 is 1.60 bits per heavy atom. The molecule has 0 aromatic heterocycles. The lowest BCUT2D eigenvalue weighted by Crippen LogP contribution is -2.38. The predicted octanol–water partition coefficient (Wildman–Crippen LogP) is 7.89. The van der Waals surface area contributed by atoms with Crippen LogP contribution in [0.2, 0.25) is 0 Å². The minimum atomic E-state index is -5.01. The number of hydrogen-bond acceptors (Lipinski definition) is 6. The molecule has 12 heteroatoms. The quantitative estimate of drug-likeness (QED) is 0.245. The minimum Gasteiger partial charge on any atom is -0.496 e. The minimum absolute atomic E-state index is 0.0709. The number of rotatable bonds is 7. The van der Waals surface area contributed by atoms with Crippen LogP contribution >= 0.6 is 0 Å². The smallest absolute Gasteiger partial charge is 0.416 e. The molecule has 4 rings (SSSR count). The molecule has 1 saturated heterocycles. The Morgan fingerprint density at radius 3 is 2.13 bits per heavy atom. The molecule has 1 unspecified atom stereocenters. The summed E-state index contributed by atoms with van der Waals surface area (Å²) < 4.78 is 97.8. The number of aliphatic hydroxyl groups is 1. The largest absolute Gasteiger partial charge is 0.496 e. The number of methoxy groups -OCH3 is 2. The summed E-state index contributed by atoms with van der Waals surface area (Å²) in [6.07, 6.45) is -10.8. The molecule has 0 spiro atoms. The molecule has 0 amide bonds.